The van der Waals surface area contributed by atoms with Crippen molar-refractivity contribution in [2.45, 2.75) is 19.1 Å². The average molecular weight is 324 g/mol. The lowest BCUT2D eigenvalue weighted by Gasteiger charge is -2.11. The van der Waals surface area contributed by atoms with Crippen molar-refractivity contribution in [1.29, 1.82) is 0 Å². The van der Waals surface area contributed by atoms with Gasteiger partial charge in [0.1, 0.15) is 0 Å². The summed E-state index contributed by atoms with van der Waals surface area (Å²) in [6.07, 6.45) is 2.82. The summed E-state index contributed by atoms with van der Waals surface area (Å²) in [5, 5.41) is 17.8. The molecule has 3 N–H and O–H groups in total. The molecular weight excluding hydrogens is 304 g/mol. The molecule has 3 rings (SSSR count). The van der Waals surface area contributed by atoms with E-state index in [1.807, 2.05) is 30.3 Å². The average Bonchev–Trinajstić information content (AvgIpc) is 3.14. The zero-order valence-electron chi connectivity index (χ0n) is 13.2. The van der Waals surface area contributed by atoms with Gasteiger partial charge in [0.25, 0.3) is 0 Å². The number of furan rings is 1. The fraction of sp³-hybridized carbons (Fsp3) is 0.211. The molecule has 3 aromatic rings. The molecule has 124 valence electrons. The minimum absolute atomic E-state index is 0.248. The number of carbonyl (C=O) groups is 1. The molecule has 1 atom stereocenters. The number of aliphatic hydroxyl groups excluding tert-OH is 1. The van der Waals surface area contributed by atoms with Gasteiger partial charge in [0.2, 0.25) is 0 Å². The summed E-state index contributed by atoms with van der Waals surface area (Å²) < 4.78 is 4.93. The Labute approximate surface area is 140 Å². The van der Waals surface area contributed by atoms with Gasteiger partial charge in [-0.15, -0.1) is 0 Å². The molecule has 0 saturated carbocycles. The summed E-state index contributed by atoms with van der Waals surface area (Å²) >= 11 is 0. The van der Waals surface area contributed by atoms with Gasteiger partial charge in [0, 0.05) is 18.7 Å². The molecule has 24 heavy (non-hydrogen) atoms. The van der Waals surface area contributed by atoms with E-state index >= 15 is 0 Å². The minimum Gasteiger partial charge on any atom is -0.472 e. The van der Waals surface area contributed by atoms with Crippen LogP contribution >= 0.6 is 0 Å². The normalized spacial score (nSPS) is 12.0. The number of hydrogen-bond acceptors (Lipinski definition) is 3. The van der Waals surface area contributed by atoms with Crippen molar-refractivity contribution in [3.05, 3.63) is 72.2 Å². The van der Waals surface area contributed by atoms with E-state index in [1.165, 1.54) is 12.5 Å². The van der Waals surface area contributed by atoms with E-state index in [1.54, 1.807) is 6.07 Å². The third-order valence-corrected chi connectivity index (χ3v) is 3.95. The quantitative estimate of drug-likeness (QED) is 0.651. The van der Waals surface area contributed by atoms with Crippen LogP contribution in [0.5, 0.6) is 0 Å². The summed E-state index contributed by atoms with van der Waals surface area (Å²) in [6, 6.07) is 15.6. The molecule has 0 unspecified atom stereocenters. The second-order valence-corrected chi connectivity index (χ2v) is 5.61. The first-order chi connectivity index (χ1) is 11.7. The van der Waals surface area contributed by atoms with Crippen LogP contribution in [0.4, 0.5) is 4.79 Å². The smallest absolute Gasteiger partial charge is 0.315 e. The van der Waals surface area contributed by atoms with Crippen molar-refractivity contribution in [1.82, 2.24) is 10.6 Å². The molecular formula is C19H20N2O3. The van der Waals surface area contributed by atoms with Crippen LogP contribution in [-0.4, -0.2) is 17.7 Å². The first kappa shape index (κ1) is 16.1. The largest absolute Gasteiger partial charge is 0.472 e. The molecule has 0 saturated heterocycles. The van der Waals surface area contributed by atoms with Crippen LogP contribution in [0.2, 0.25) is 0 Å². The lowest BCUT2D eigenvalue weighted by Crippen LogP contribution is -2.36. The monoisotopic (exact) mass is 324 g/mol. The summed E-state index contributed by atoms with van der Waals surface area (Å²) in [7, 11) is 0. The molecule has 1 aromatic heterocycles. The lowest BCUT2D eigenvalue weighted by atomic mass is 10.0. The van der Waals surface area contributed by atoms with Crippen LogP contribution in [-0.2, 0) is 6.54 Å². The number of rotatable bonds is 6. The third-order valence-electron chi connectivity index (χ3n) is 3.95. The lowest BCUT2D eigenvalue weighted by molar-refractivity contribution is 0.166. The van der Waals surface area contributed by atoms with Crippen LogP contribution in [0.1, 0.15) is 23.7 Å². The van der Waals surface area contributed by atoms with E-state index < -0.39 is 6.10 Å². The number of fused-ring (bicyclic) bond motifs is 1. The van der Waals surface area contributed by atoms with Crippen LogP contribution in [0.25, 0.3) is 10.8 Å². The van der Waals surface area contributed by atoms with Crippen molar-refractivity contribution in [3.63, 3.8) is 0 Å². The Bertz CT molecular complexity index is 794. The SMILES string of the molecule is O=C(NCC[C@@H](O)c1ccoc1)NCc1cccc2ccccc12. The Hall–Kier alpha value is -2.79. The van der Waals surface area contributed by atoms with E-state index in [0.717, 1.165) is 16.3 Å². The van der Waals surface area contributed by atoms with E-state index in [0.29, 0.717) is 25.1 Å². The number of nitrogens with one attached hydrogen (secondary N) is 2. The van der Waals surface area contributed by atoms with Crippen LogP contribution in [0, 0.1) is 0 Å². The van der Waals surface area contributed by atoms with Gasteiger partial charge >= 0.3 is 6.03 Å². The second-order valence-electron chi connectivity index (χ2n) is 5.61. The highest BCUT2D eigenvalue weighted by Crippen LogP contribution is 2.18. The van der Waals surface area contributed by atoms with Gasteiger partial charge < -0.3 is 20.2 Å². The predicted molar refractivity (Wildman–Crippen MR) is 92.5 cm³/mol. The maximum absolute atomic E-state index is 11.9. The first-order valence-corrected chi connectivity index (χ1v) is 7.92. The Morgan fingerprint density at radius 1 is 1.08 bits per heavy atom. The molecule has 0 aliphatic carbocycles. The number of amides is 2. The number of urea groups is 1. The van der Waals surface area contributed by atoms with E-state index in [4.69, 9.17) is 4.42 Å². The van der Waals surface area contributed by atoms with Crippen LogP contribution in [0.15, 0.2) is 65.5 Å². The molecule has 2 amide bonds. The van der Waals surface area contributed by atoms with Gasteiger partial charge in [0.05, 0.1) is 18.6 Å². The van der Waals surface area contributed by atoms with E-state index in [9.17, 15) is 9.90 Å². The van der Waals surface area contributed by atoms with Gasteiger partial charge in [-0.05, 0) is 28.8 Å². The van der Waals surface area contributed by atoms with Crippen LogP contribution in [0.3, 0.4) is 0 Å². The molecule has 0 radical (unpaired) electrons. The molecule has 0 spiro atoms. The molecule has 0 aliphatic rings. The number of aliphatic hydroxyl groups is 1. The first-order valence-electron chi connectivity index (χ1n) is 7.92. The zero-order valence-corrected chi connectivity index (χ0v) is 13.2. The predicted octanol–water partition coefficient (Wildman–Crippen LogP) is 3.36. The molecule has 0 fully saturated rings. The van der Waals surface area contributed by atoms with Crippen molar-refractivity contribution in [2.75, 3.05) is 6.54 Å². The third kappa shape index (κ3) is 3.94. The minimum atomic E-state index is -0.637. The molecule has 0 aliphatic heterocycles. The Kier molecular flexibility index (Phi) is 5.13. The fourth-order valence-corrected chi connectivity index (χ4v) is 2.64. The maximum Gasteiger partial charge on any atom is 0.315 e. The summed E-state index contributed by atoms with van der Waals surface area (Å²) in [5.41, 5.74) is 1.79. The zero-order chi connectivity index (χ0) is 16.8. The summed E-state index contributed by atoms with van der Waals surface area (Å²) in [5.74, 6) is 0. The second kappa shape index (κ2) is 7.66. The number of carbonyl (C=O) groups excluding carboxylic acids is 1. The number of benzene rings is 2. The Balaban J connectivity index is 1.47. The van der Waals surface area contributed by atoms with E-state index in [2.05, 4.69) is 22.8 Å². The Morgan fingerprint density at radius 3 is 2.75 bits per heavy atom. The van der Waals surface area contributed by atoms with Gasteiger partial charge in [0.15, 0.2) is 0 Å². The van der Waals surface area contributed by atoms with Crippen LogP contribution < -0.4 is 10.6 Å². The van der Waals surface area contributed by atoms with Gasteiger partial charge in [-0.3, -0.25) is 0 Å². The number of hydrogen-bond donors (Lipinski definition) is 3. The van der Waals surface area contributed by atoms with E-state index in [-0.39, 0.29) is 6.03 Å². The summed E-state index contributed by atoms with van der Waals surface area (Å²) in [4.78, 5) is 11.9. The Morgan fingerprint density at radius 2 is 1.92 bits per heavy atom. The van der Waals surface area contributed by atoms with Crippen molar-refractivity contribution >= 4 is 16.8 Å². The molecule has 1 heterocycles. The molecule has 5 nitrogen and oxygen atoms in total. The van der Waals surface area contributed by atoms with Crippen molar-refractivity contribution in [2.24, 2.45) is 0 Å². The molecule has 2 aromatic carbocycles. The standard InChI is InChI=1S/C19H20N2O3/c22-18(16-9-11-24-13-16)8-10-20-19(23)21-12-15-6-3-5-14-4-1-2-7-17(14)15/h1-7,9,11,13,18,22H,8,10,12H2,(H2,20,21,23)/t18-/m1/s1. The summed E-state index contributed by atoms with van der Waals surface area (Å²) in [6.45, 7) is 0.838. The maximum atomic E-state index is 11.9. The topological polar surface area (TPSA) is 74.5 Å². The molecule has 5 heteroatoms. The van der Waals surface area contributed by atoms with Crippen molar-refractivity contribution < 1.29 is 14.3 Å². The highest BCUT2D eigenvalue weighted by molar-refractivity contribution is 5.86. The fourth-order valence-electron chi connectivity index (χ4n) is 2.64. The highest BCUT2D eigenvalue weighted by atomic mass is 16.3. The van der Waals surface area contributed by atoms with Gasteiger partial charge in [-0.2, -0.15) is 0 Å². The van der Waals surface area contributed by atoms with Gasteiger partial charge in [-0.1, -0.05) is 42.5 Å². The highest BCUT2D eigenvalue weighted by Gasteiger charge is 2.09. The van der Waals surface area contributed by atoms with Gasteiger partial charge in [-0.25, -0.2) is 4.79 Å². The van der Waals surface area contributed by atoms with Crippen molar-refractivity contribution in [3.8, 4) is 0 Å². The molecule has 0 bridgehead atoms.